The van der Waals surface area contributed by atoms with E-state index in [0.29, 0.717) is 34.1 Å². The van der Waals surface area contributed by atoms with Crippen LogP contribution in [0.2, 0.25) is 0 Å². The van der Waals surface area contributed by atoms with Gasteiger partial charge in [0.1, 0.15) is 30.2 Å². The van der Waals surface area contributed by atoms with Crippen LogP contribution in [0.25, 0.3) is 16.9 Å². The standard InChI is InChI=1S/C30H28N2O9/c1-36-24-18-19(13-14-23(24)41-16-15-40-22-12-8-9-20(17-22)28(33)37-2)26-25(29(34)38-3)27(30(35)39-4)32(31-26)21-10-6-5-7-11-21/h5-14,17-18H,15-16H2,1-4H3. The quantitative estimate of drug-likeness (QED) is 0.148. The van der Waals surface area contributed by atoms with Crippen LogP contribution in [0.1, 0.15) is 31.2 Å². The molecule has 0 atom stereocenters. The van der Waals surface area contributed by atoms with Crippen molar-refractivity contribution in [3.05, 3.63) is 89.6 Å². The molecule has 0 radical (unpaired) electrons. The molecule has 4 rings (SSSR count). The number of carbonyl (C=O) groups is 3. The van der Waals surface area contributed by atoms with Crippen LogP contribution < -0.4 is 14.2 Å². The predicted molar refractivity (Wildman–Crippen MR) is 147 cm³/mol. The summed E-state index contributed by atoms with van der Waals surface area (Å²) in [6.07, 6.45) is 0. The fourth-order valence-electron chi connectivity index (χ4n) is 4.03. The van der Waals surface area contributed by atoms with Gasteiger partial charge in [-0.25, -0.2) is 19.1 Å². The monoisotopic (exact) mass is 560 g/mol. The van der Waals surface area contributed by atoms with E-state index in [9.17, 15) is 14.4 Å². The number of hydrogen-bond acceptors (Lipinski definition) is 10. The highest BCUT2D eigenvalue weighted by Gasteiger charge is 2.31. The van der Waals surface area contributed by atoms with E-state index in [1.807, 2.05) is 6.07 Å². The lowest BCUT2D eigenvalue weighted by Gasteiger charge is -2.13. The van der Waals surface area contributed by atoms with Crippen LogP contribution in [0.3, 0.4) is 0 Å². The van der Waals surface area contributed by atoms with Crippen LogP contribution in [0.15, 0.2) is 72.8 Å². The van der Waals surface area contributed by atoms with Gasteiger partial charge in [0.25, 0.3) is 0 Å². The Balaban J connectivity index is 1.60. The summed E-state index contributed by atoms with van der Waals surface area (Å²) >= 11 is 0. The van der Waals surface area contributed by atoms with Crippen LogP contribution in [0.5, 0.6) is 17.2 Å². The summed E-state index contributed by atoms with van der Waals surface area (Å²) in [5.41, 5.74) is 1.47. The van der Waals surface area contributed by atoms with Gasteiger partial charge in [0.15, 0.2) is 17.2 Å². The molecule has 0 amide bonds. The molecule has 0 bridgehead atoms. The van der Waals surface area contributed by atoms with E-state index in [0.717, 1.165) is 0 Å². The third-order valence-corrected chi connectivity index (χ3v) is 5.96. The molecular weight excluding hydrogens is 532 g/mol. The molecule has 0 aliphatic rings. The van der Waals surface area contributed by atoms with Crippen LogP contribution >= 0.6 is 0 Å². The third-order valence-electron chi connectivity index (χ3n) is 5.96. The lowest BCUT2D eigenvalue weighted by atomic mass is 10.0. The molecule has 0 aliphatic heterocycles. The van der Waals surface area contributed by atoms with Gasteiger partial charge in [0, 0.05) is 5.56 Å². The van der Waals surface area contributed by atoms with E-state index in [2.05, 4.69) is 5.10 Å². The van der Waals surface area contributed by atoms with Crippen molar-refractivity contribution in [3.63, 3.8) is 0 Å². The van der Waals surface area contributed by atoms with Crippen LogP contribution in [0, 0.1) is 0 Å². The number of esters is 3. The number of hydrogen-bond donors (Lipinski definition) is 0. The zero-order valence-electron chi connectivity index (χ0n) is 22.9. The Kier molecular flexibility index (Phi) is 9.20. The SMILES string of the molecule is COC(=O)c1cccc(OCCOc2ccc(-c3nn(-c4ccccc4)c(C(=O)OC)c3C(=O)OC)cc2OC)c1. The maximum Gasteiger partial charge on any atom is 0.357 e. The number of benzene rings is 3. The van der Waals surface area contributed by atoms with Gasteiger partial charge in [0.2, 0.25) is 0 Å². The smallest absolute Gasteiger partial charge is 0.357 e. The second kappa shape index (κ2) is 13.2. The molecule has 0 unspecified atom stereocenters. The van der Waals surface area contributed by atoms with Gasteiger partial charge >= 0.3 is 17.9 Å². The number of aromatic nitrogens is 2. The first-order valence-electron chi connectivity index (χ1n) is 12.4. The largest absolute Gasteiger partial charge is 0.493 e. The third kappa shape index (κ3) is 6.30. The van der Waals surface area contributed by atoms with E-state index in [1.54, 1.807) is 66.7 Å². The lowest BCUT2D eigenvalue weighted by molar-refractivity contribution is 0.0549. The molecule has 0 spiro atoms. The normalized spacial score (nSPS) is 10.4. The summed E-state index contributed by atoms with van der Waals surface area (Å²) in [5.74, 6) is -0.700. The number of ether oxygens (including phenoxy) is 6. The van der Waals surface area contributed by atoms with Crippen molar-refractivity contribution < 1.29 is 42.8 Å². The van der Waals surface area contributed by atoms with Crippen molar-refractivity contribution in [3.8, 4) is 34.2 Å². The van der Waals surface area contributed by atoms with Gasteiger partial charge in [-0.3, -0.25) is 0 Å². The number of methoxy groups -OCH3 is 4. The van der Waals surface area contributed by atoms with E-state index >= 15 is 0 Å². The predicted octanol–water partition coefficient (Wildman–Crippen LogP) is 4.37. The maximum atomic E-state index is 12.9. The minimum Gasteiger partial charge on any atom is -0.493 e. The Morgan fingerprint density at radius 2 is 1.41 bits per heavy atom. The first-order valence-corrected chi connectivity index (χ1v) is 12.4. The topological polar surface area (TPSA) is 124 Å². The molecule has 3 aromatic carbocycles. The Labute approximate surface area is 236 Å². The first-order chi connectivity index (χ1) is 19.9. The van der Waals surface area contributed by atoms with Crippen molar-refractivity contribution in [1.29, 1.82) is 0 Å². The summed E-state index contributed by atoms with van der Waals surface area (Å²) in [6, 6.07) is 20.5. The van der Waals surface area contributed by atoms with Crippen LogP contribution in [0.4, 0.5) is 0 Å². The van der Waals surface area contributed by atoms with Gasteiger partial charge in [-0.15, -0.1) is 0 Å². The Morgan fingerprint density at radius 1 is 0.707 bits per heavy atom. The molecule has 0 saturated heterocycles. The highest BCUT2D eigenvalue weighted by Crippen LogP contribution is 2.35. The van der Waals surface area contributed by atoms with Crippen molar-refractivity contribution in [1.82, 2.24) is 9.78 Å². The Hall–Kier alpha value is -5.32. The molecule has 0 aliphatic carbocycles. The Morgan fingerprint density at radius 3 is 2.10 bits per heavy atom. The van der Waals surface area contributed by atoms with Gasteiger partial charge < -0.3 is 28.4 Å². The molecule has 11 nitrogen and oxygen atoms in total. The fraction of sp³-hybridized carbons (Fsp3) is 0.200. The minimum atomic E-state index is -0.754. The molecule has 11 heteroatoms. The molecule has 212 valence electrons. The number of rotatable bonds is 11. The second-order valence-corrected chi connectivity index (χ2v) is 8.38. The molecule has 1 aromatic heterocycles. The molecule has 1 heterocycles. The molecule has 4 aromatic rings. The zero-order valence-corrected chi connectivity index (χ0v) is 22.9. The summed E-state index contributed by atoms with van der Waals surface area (Å²) < 4.78 is 33.1. The van der Waals surface area contributed by atoms with E-state index in [-0.39, 0.29) is 30.2 Å². The molecular formula is C30H28N2O9. The molecule has 0 fully saturated rings. The van der Waals surface area contributed by atoms with Gasteiger partial charge in [0.05, 0.1) is 39.7 Å². The van der Waals surface area contributed by atoms with E-state index < -0.39 is 17.9 Å². The summed E-state index contributed by atoms with van der Waals surface area (Å²) in [7, 11) is 5.23. The summed E-state index contributed by atoms with van der Waals surface area (Å²) in [5, 5.41) is 4.59. The second-order valence-electron chi connectivity index (χ2n) is 8.38. The van der Waals surface area contributed by atoms with Crippen LogP contribution in [-0.4, -0.2) is 69.3 Å². The van der Waals surface area contributed by atoms with Crippen molar-refractivity contribution in [2.75, 3.05) is 41.7 Å². The highest BCUT2D eigenvalue weighted by molar-refractivity contribution is 6.07. The molecule has 0 saturated carbocycles. The number of nitrogens with zero attached hydrogens (tertiary/aromatic N) is 2. The summed E-state index contributed by atoms with van der Waals surface area (Å²) in [6.45, 7) is 0.354. The summed E-state index contributed by atoms with van der Waals surface area (Å²) in [4.78, 5) is 37.4. The number of carbonyl (C=O) groups excluding carboxylic acids is 3. The van der Waals surface area contributed by atoms with Gasteiger partial charge in [-0.05, 0) is 48.5 Å². The van der Waals surface area contributed by atoms with E-state index in [4.69, 9.17) is 28.4 Å². The van der Waals surface area contributed by atoms with Crippen LogP contribution in [-0.2, 0) is 14.2 Å². The minimum absolute atomic E-state index is 0.0542. The van der Waals surface area contributed by atoms with Gasteiger partial charge in [-0.1, -0.05) is 24.3 Å². The lowest BCUT2D eigenvalue weighted by Crippen LogP contribution is -2.15. The Bertz CT molecular complexity index is 1550. The average molecular weight is 561 g/mol. The molecule has 0 N–H and O–H groups in total. The van der Waals surface area contributed by atoms with Crippen molar-refractivity contribution >= 4 is 17.9 Å². The first kappa shape index (κ1) is 28.7. The van der Waals surface area contributed by atoms with Gasteiger partial charge in [-0.2, -0.15) is 5.10 Å². The highest BCUT2D eigenvalue weighted by atomic mass is 16.5. The average Bonchev–Trinajstić information content (AvgIpc) is 3.43. The van der Waals surface area contributed by atoms with E-state index in [1.165, 1.54) is 33.1 Å². The van der Waals surface area contributed by atoms with Crippen molar-refractivity contribution in [2.45, 2.75) is 0 Å². The maximum absolute atomic E-state index is 12.9. The fourth-order valence-corrected chi connectivity index (χ4v) is 4.03. The van der Waals surface area contributed by atoms with Crippen molar-refractivity contribution in [2.24, 2.45) is 0 Å². The number of para-hydroxylation sites is 1. The zero-order chi connectivity index (χ0) is 29.4. The molecule has 41 heavy (non-hydrogen) atoms.